The Bertz CT molecular complexity index is 905. The molecule has 0 aliphatic carbocycles. The molecular formula is C37H72O12S. The van der Waals surface area contributed by atoms with Crippen LogP contribution < -0.4 is 0 Å². The average molecular weight is 741 g/mol. The van der Waals surface area contributed by atoms with Gasteiger partial charge >= 0.3 is 16.4 Å². The second-order valence-corrected chi connectivity index (χ2v) is 14.9. The number of hydrogen-bond donors (Lipinski definition) is 4. The summed E-state index contributed by atoms with van der Waals surface area (Å²) in [5, 5.41) is 30.4. The van der Waals surface area contributed by atoms with Crippen LogP contribution in [0.1, 0.15) is 168 Å². The van der Waals surface area contributed by atoms with Gasteiger partial charge in [0.15, 0.2) is 6.29 Å². The molecule has 1 saturated heterocycles. The molecule has 0 bridgehead atoms. The molecule has 13 heteroatoms. The number of esters is 1. The average Bonchev–Trinajstić information content (AvgIpc) is 3.08. The number of ether oxygens (including phenoxy) is 4. The van der Waals surface area contributed by atoms with Gasteiger partial charge in [0.2, 0.25) is 0 Å². The topological polar surface area (TPSA) is 178 Å². The van der Waals surface area contributed by atoms with Gasteiger partial charge in [0.25, 0.3) is 0 Å². The van der Waals surface area contributed by atoms with Crippen molar-refractivity contribution in [1.82, 2.24) is 0 Å². The van der Waals surface area contributed by atoms with Crippen molar-refractivity contribution >= 4 is 16.4 Å². The third-order valence-corrected chi connectivity index (χ3v) is 9.69. The van der Waals surface area contributed by atoms with Crippen LogP contribution in [0.5, 0.6) is 0 Å². The maximum atomic E-state index is 12.6. The molecule has 50 heavy (non-hydrogen) atoms. The molecule has 0 aromatic rings. The first kappa shape index (κ1) is 47.1. The summed E-state index contributed by atoms with van der Waals surface area (Å²) in [5.41, 5.74) is 0. The largest absolute Gasteiger partial charge is 0.457 e. The Balaban J connectivity index is 2.34. The van der Waals surface area contributed by atoms with E-state index < -0.39 is 59.8 Å². The summed E-state index contributed by atoms with van der Waals surface area (Å²) in [6.07, 6.45) is 19.2. The third-order valence-electron chi connectivity index (χ3n) is 9.23. The van der Waals surface area contributed by atoms with Crippen molar-refractivity contribution in [3.8, 4) is 0 Å². The van der Waals surface area contributed by atoms with E-state index in [-0.39, 0.29) is 19.6 Å². The van der Waals surface area contributed by atoms with Crippen LogP contribution in [0.3, 0.4) is 0 Å². The first-order valence-corrected chi connectivity index (χ1v) is 21.2. The zero-order valence-corrected chi connectivity index (χ0v) is 32.0. The zero-order chi connectivity index (χ0) is 36.9. The van der Waals surface area contributed by atoms with E-state index in [9.17, 15) is 28.5 Å². The van der Waals surface area contributed by atoms with Gasteiger partial charge in [-0.15, -0.1) is 0 Å². The van der Waals surface area contributed by atoms with Crippen molar-refractivity contribution in [3.05, 3.63) is 0 Å². The first-order valence-electron chi connectivity index (χ1n) is 19.8. The fraction of sp³-hybridized carbons (Fsp3) is 0.973. The Morgan fingerprint density at radius 3 is 1.60 bits per heavy atom. The molecule has 0 radical (unpaired) electrons. The lowest BCUT2D eigenvalue weighted by Crippen LogP contribution is -2.60. The van der Waals surface area contributed by atoms with E-state index >= 15 is 0 Å². The van der Waals surface area contributed by atoms with Crippen LogP contribution in [0.4, 0.5) is 0 Å². The normalized spacial score (nSPS) is 21.8. The molecule has 1 aliphatic heterocycles. The summed E-state index contributed by atoms with van der Waals surface area (Å²) >= 11 is 0. The molecule has 1 rings (SSSR count). The highest BCUT2D eigenvalue weighted by atomic mass is 32.3. The second-order valence-electron chi connectivity index (χ2n) is 13.9. The van der Waals surface area contributed by atoms with Crippen LogP contribution in [0.25, 0.3) is 0 Å². The monoisotopic (exact) mass is 740 g/mol. The molecule has 0 saturated carbocycles. The van der Waals surface area contributed by atoms with E-state index in [1.807, 2.05) is 0 Å². The lowest BCUT2D eigenvalue weighted by molar-refractivity contribution is -0.301. The minimum absolute atomic E-state index is 0.0420. The number of aliphatic hydroxyl groups is 3. The highest BCUT2D eigenvalue weighted by Gasteiger charge is 2.48. The standard InChI is InChI=1S/C37H72O12S/c1-3-5-7-9-10-11-12-13-14-15-16-17-18-19-20-21-23-25-27-45-29-31(47-33(39)26-24-22-8-6-4-2)30-46-37-35(41)36(49-50(42,43)44)34(40)32(28-38)48-37/h31-32,34-38,40-41H,3-30H2,1-2H3,(H,42,43,44). The molecule has 0 aromatic carbocycles. The molecule has 1 aliphatic rings. The lowest BCUT2D eigenvalue weighted by Gasteiger charge is -2.41. The van der Waals surface area contributed by atoms with E-state index in [2.05, 4.69) is 18.0 Å². The van der Waals surface area contributed by atoms with Gasteiger partial charge in [0.1, 0.15) is 30.5 Å². The Labute approximate surface area is 303 Å². The maximum absolute atomic E-state index is 12.6. The third kappa shape index (κ3) is 24.4. The van der Waals surface area contributed by atoms with E-state index in [0.29, 0.717) is 13.0 Å². The van der Waals surface area contributed by atoms with Crippen molar-refractivity contribution in [3.63, 3.8) is 0 Å². The molecule has 0 spiro atoms. The minimum Gasteiger partial charge on any atom is -0.457 e. The molecule has 4 N–H and O–H groups in total. The predicted octanol–water partition coefficient (Wildman–Crippen LogP) is 6.96. The minimum atomic E-state index is -5.05. The van der Waals surface area contributed by atoms with Gasteiger partial charge in [-0.2, -0.15) is 8.42 Å². The van der Waals surface area contributed by atoms with Crippen LogP contribution in [0.2, 0.25) is 0 Å². The Morgan fingerprint density at radius 1 is 0.680 bits per heavy atom. The summed E-state index contributed by atoms with van der Waals surface area (Å²) in [6, 6.07) is 0. The van der Waals surface area contributed by atoms with Gasteiger partial charge in [0, 0.05) is 13.0 Å². The van der Waals surface area contributed by atoms with Crippen LogP contribution in [-0.2, 0) is 38.3 Å². The number of carbonyl (C=O) groups is 1. The molecule has 12 nitrogen and oxygen atoms in total. The summed E-state index contributed by atoms with van der Waals surface area (Å²) in [6.45, 7) is 3.90. The number of unbranched alkanes of at least 4 members (excludes halogenated alkanes) is 21. The van der Waals surface area contributed by atoms with Gasteiger partial charge in [-0.05, 0) is 12.8 Å². The van der Waals surface area contributed by atoms with Crippen LogP contribution in [0, 0.1) is 0 Å². The highest BCUT2D eigenvalue weighted by Crippen LogP contribution is 2.26. The predicted molar refractivity (Wildman–Crippen MR) is 193 cm³/mol. The van der Waals surface area contributed by atoms with Crippen molar-refractivity contribution in [2.75, 3.05) is 26.4 Å². The molecule has 298 valence electrons. The number of aliphatic hydroxyl groups excluding tert-OH is 3. The van der Waals surface area contributed by atoms with Crippen LogP contribution in [-0.4, -0.2) is 97.5 Å². The Hall–Kier alpha value is -0.900. The number of hydrogen-bond acceptors (Lipinski definition) is 11. The van der Waals surface area contributed by atoms with Gasteiger partial charge in [-0.3, -0.25) is 9.35 Å². The summed E-state index contributed by atoms with van der Waals surface area (Å²) < 4.78 is 58.5. The van der Waals surface area contributed by atoms with Crippen molar-refractivity contribution in [1.29, 1.82) is 0 Å². The van der Waals surface area contributed by atoms with Crippen molar-refractivity contribution in [2.45, 2.75) is 205 Å². The Morgan fingerprint density at radius 2 is 1.14 bits per heavy atom. The lowest BCUT2D eigenvalue weighted by atomic mass is 9.99. The molecule has 0 aromatic heterocycles. The maximum Gasteiger partial charge on any atom is 0.397 e. The quantitative estimate of drug-likeness (QED) is 0.0303. The highest BCUT2D eigenvalue weighted by molar-refractivity contribution is 7.80. The fourth-order valence-corrected chi connectivity index (χ4v) is 6.71. The first-order chi connectivity index (χ1) is 24.1. The molecule has 0 amide bonds. The summed E-state index contributed by atoms with van der Waals surface area (Å²) in [4.78, 5) is 12.6. The molecule has 1 fully saturated rings. The van der Waals surface area contributed by atoms with Gasteiger partial charge in [-0.1, -0.05) is 149 Å². The van der Waals surface area contributed by atoms with Gasteiger partial charge in [0.05, 0.1) is 19.8 Å². The summed E-state index contributed by atoms with van der Waals surface area (Å²) in [7, 11) is -5.05. The fourth-order valence-electron chi connectivity index (χ4n) is 6.20. The van der Waals surface area contributed by atoms with E-state index in [4.69, 9.17) is 23.5 Å². The molecule has 1 heterocycles. The van der Waals surface area contributed by atoms with Crippen molar-refractivity contribution in [2.24, 2.45) is 0 Å². The molecular weight excluding hydrogens is 668 g/mol. The van der Waals surface area contributed by atoms with Crippen LogP contribution in [0.15, 0.2) is 0 Å². The van der Waals surface area contributed by atoms with E-state index in [1.165, 1.54) is 96.3 Å². The van der Waals surface area contributed by atoms with Crippen molar-refractivity contribution < 1.29 is 56.2 Å². The van der Waals surface area contributed by atoms with E-state index in [0.717, 1.165) is 44.9 Å². The van der Waals surface area contributed by atoms with Gasteiger partial charge in [-0.25, -0.2) is 4.18 Å². The smallest absolute Gasteiger partial charge is 0.397 e. The van der Waals surface area contributed by atoms with Gasteiger partial charge < -0.3 is 34.3 Å². The number of rotatable bonds is 34. The second kappa shape index (κ2) is 30.6. The number of carbonyl (C=O) groups excluding carboxylic acids is 1. The summed E-state index contributed by atoms with van der Waals surface area (Å²) in [5.74, 6) is -0.409. The van der Waals surface area contributed by atoms with Crippen LogP contribution >= 0.6 is 0 Å². The molecule has 6 unspecified atom stereocenters. The Kier molecular flexibility index (Phi) is 28.8. The molecule has 6 atom stereocenters. The van der Waals surface area contributed by atoms with E-state index in [1.54, 1.807) is 0 Å². The SMILES string of the molecule is CCCCCCCCCCCCCCCCCCCCOCC(COC1OC(CO)C(O)C(OS(=O)(=O)O)C1O)OC(=O)CCCCCCC. The zero-order valence-electron chi connectivity index (χ0n) is 31.2.